The minimum atomic E-state index is -3.87. The van der Waals surface area contributed by atoms with Gasteiger partial charge in [0.2, 0.25) is 0 Å². The molecule has 0 saturated heterocycles. The van der Waals surface area contributed by atoms with Crippen molar-refractivity contribution in [2.75, 3.05) is 0 Å². The van der Waals surface area contributed by atoms with Gasteiger partial charge in [-0.1, -0.05) is 35.4 Å². The lowest BCUT2D eigenvalue weighted by Crippen LogP contribution is -2.20. The van der Waals surface area contributed by atoms with Crippen LogP contribution < -0.4 is 0 Å². The molecule has 0 fully saturated rings. The summed E-state index contributed by atoms with van der Waals surface area (Å²) in [6, 6.07) is 12.8. The van der Waals surface area contributed by atoms with Crippen LogP contribution in [0.4, 0.5) is 0 Å². The fraction of sp³-hybridized carbons (Fsp3) is 0.400. The van der Waals surface area contributed by atoms with E-state index in [1.54, 1.807) is 38.1 Å². The smallest absolute Gasteiger partial charge is 0.263 e. The van der Waals surface area contributed by atoms with E-state index in [0.717, 1.165) is 11.1 Å². The number of benzene rings is 2. The molecular formula is C20H26O6S2. The van der Waals surface area contributed by atoms with Crippen LogP contribution in [0.2, 0.25) is 0 Å². The molecule has 2 aromatic rings. The maximum absolute atomic E-state index is 12.3. The summed E-state index contributed by atoms with van der Waals surface area (Å²) in [5, 5.41) is 0. The fourth-order valence-electron chi connectivity index (χ4n) is 2.52. The second-order valence-corrected chi connectivity index (χ2v) is 10.1. The molecule has 0 amide bonds. The standard InChI is InChI=1S/C20H26O6S2/c1-15-5-11-19(12-6-15)27(21,22)25-17(3)9-10-18(4)26-28(23,24)20-13-7-16(2)8-14-20/h5-8,11-14,17-18H,9-10H2,1-4H3. The van der Waals surface area contributed by atoms with Gasteiger partial charge in [0.15, 0.2) is 0 Å². The summed E-state index contributed by atoms with van der Waals surface area (Å²) in [4.78, 5) is 0.187. The summed E-state index contributed by atoms with van der Waals surface area (Å²) in [6.07, 6.45) is -0.565. The molecule has 154 valence electrons. The molecule has 0 spiro atoms. The molecule has 0 saturated carbocycles. The van der Waals surface area contributed by atoms with E-state index in [9.17, 15) is 16.8 Å². The van der Waals surface area contributed by atoms with Crippen molar-refractivity contribution in [1.82, 2.24) is 0 Å². The van der Waals surface area contributed by atoms with E-state index in [0.29, 0.717) is 12.8 Å². The van der Waals surface area contributed by atoms with Crippen LogP contribution in [0.15, 0.2) is 58.3 Å². The van der Waals surface area contributed by atoms with Crippen molar-refractivity contribution >= 4 is 20.2 Å². The van der Waals surface area contributed by atoms with E-state index in [4.69, 9.17) is 8.37 Å². The Bertz CT molecular complexity index is 894. The molecule has 0 aliphatic rings. The van der Waals surface area contributed by atoms with Gasteiger partial charge < -0.3 is 0 Å². The first-order chi connectivity index (χ1) is 13.0. The van der Waals surface area contributed by atoms with Crippen LogP contribution in [-0.4, -0.2) is 29.0 Å². The molecule has 8 heteroatoms. The van der Waals surface area contributed by atoms with Gasteiger partial charge in [-0.25, -0.2) is 0 Å². The minimum Gasteiger partial charge on any atom is -0.263 e. The Kier molecular flexibility index (Phi) is 7.39. The average molecular weight is 427 g/mol. The third-order valence-corrected chi connectivity index (χ3v) is 7.04. The highest BCUT2D eigenvalue weighted by molar-refractivity contribution is 7.87. The first kappa shape index (κ1) is 22.5. The van der Waals surface area contributed by atoms with Gasteiger partial charge in [0.05, 0.1) is 22.0 Å². The van der Waals surface area contributed by atoms with Crippen LogP contribution in [0, 0.1) is 13.8 Å². The molecule has 2 aromatic carbocycles. The molecule has 0 aliphatic heterocycles. The molecule has 0 bridgehead atoms. The molecule has 0 aromatic heterocycles. The maximum Gasteiger partial charge on any atom is 0.297 e. The van der Waals surface area contributed by atoms with Crippen LogP contribution in [0.1, 0.15) is 37.8 Å². The zero-order valence-electron chi connectivity index (χ0n) is 16.5. The molecule has 0 heterocycles. The summed E-state index contributed by atoms with van der Waals surface area (Å²) in [5.74, 6) is 0. The monoisotopic (exact) mass is 426 g/mol. The highest BCUT2D eigenvalue weighted by atomic mass is 32.2. The highest BCUT2D eigenvalue weighted by Crippen LogP contribution is 2.20. The van der Waals surface area contributed by atoms with Gasteiger partial charge in [-0.15, -0.1) is 0 Å². The number of hydrogen-bond acceptors (Lipinski definition) is 6. The van der Waals surface area contributed by atoms with E-state index in [1.165, 1.54) is 24.3 Å². The number of hydrogen-bond donors (Lipinski definition) is 0. The zero-order valence-corrected chi connectivity index (χ0v) is 18.1. The fourth-order valence-corrected chi connectivity index (χ4v) is 4.74. The van der Waals surface area contributed by atoms with Gasteiger partial charge in [-0.3, -0.25) is 8.37 Å². The normalized spacial score (nSPS) is 14.6. The van der Waals surface area contributed by atoms with Crippen molar-refractivity contribution in [2.24, 2.45) is 0 Å². The molecule has 6 nitrogen and oxygen atoms in total. The lowest BCUT2D eigenvalue weighted by molar-refractivity contribution is 0.168. The van der Waals surface area contributed by atoms with E-state index in [2.05, 4.69) is 0 Å². The largest absolute Gasteiger partial charge is 0.297 e. The van der Waals surface area contributed by atoms with Crippen LogP contribution in [-0.2, 0) is 28.6 Å². The third kappa shape index (κ3) is 6.41. The van der Waals surface area contributed by atoms with Gasteiger partial charge in [0.25, 0.3) is 20.2 Å². The quantitative estimate of drug-likeness (QED) is 0.564. The second kappa shape index (κ2) is 9.17. The van der Waals surface area contributed by atoms with Crippen molar-refractivity contribution in [1.29, 1.82) is 0 Å². The van der Waals surface area contributed by atoms with Crippen LogP contribution >= 0.6 is 0 Å². The Hall–Kier alpha value is -1.74. The van der Waals surface area contributed by atoms with E-state index < -0.39 is 32.4 Å². The Balaban J connectivity index is 1.90. The molecule has 0 aliphatic carbocycles. The Morgan fingerprint density at radius 2 is 0.929 bits per heavy atom. The molecule has 0 N–H and O–H groups in total. The van der Waals surface area contributed by atoms with Gasteiger partial charge in [-0.05, 0) is 64.8 Å². The molecule has 0 radical (unpaired) electrons. The van der Waals surface area contributed by atoms with Crippen molar-refractivity contribution < 1.29 is 25.2 Å². The van der Waals surface area contributed by atoms with Gasteiger partial charge in [-0.2, -0.15) is 16.8 Å². The summed E-state index contributed by atoms with van der Waals surface area (Å²) >= 11 is 0. The van der Waals surface area contributed by atoms with Gasteiger partial charge in [0.1, 0.15) is 0 Å². The van der Waals surface area contributed by atoms with Gasteiger partial charge >= 0.3 is 0 Å². The van der Waals surface area contributed by atoms with E-state index >= 15 is 0 Å². The summed E-state index contributed by atoms with van der Waals surface area (Å²) in [7, 11) is -7.73. The predicted octanol–water partition coefficient (Wildman–Crippen LogP) is 3.97. The molecule has 2 atom stereocenters. The highest BCUT2D eigenvalue weighted by Gasteiger charge is 2.22. The van der Waals surface area contributed by atoms with Crippen LogP contribution in [0.3, 0.4) is 0 Å². The SMILES string of the molecule is Cc1ccc(S(=O)(=O)OC(C)CCC(C)OS(=O)(=O)c2ccc(C)cc2)cc1. The first-order valence-electron chi connectivity index (χ1n) is 8.99. The Morgan fingerprint density at radius 1 is 0.643 bits per heavy atom. The third-order valence-electron chi connectivity index (χ3n) is 4.18. The molecule has 2 unspecified atom stereocenters. The maximum atomic E-state index is 12.3. The number of aryl methyl sites for hydroxylation is 2. The van der Waals surface area contributed by atoms with Crippen molar-refractivity contribution in [3.05, 3.63) is 59.7 Å². The Morgan fingerprint density at radius 3 is 1.21 bits per heavy atom. The summed E-state index contributed by atoms with van der Waals surface area (Å²) in [5.41, 5.74) is 1.90. The molecular weight excluding hydrogens is 400 g/mol. The van der Waals surface area contributed by atoms with E-state index in [-0.39, 0.29) is 9.79 Å². The lowest BCUT2D eigenvalue weighted by Gasteiger charge is -2.17. The zero-order chi connectivity index (χ0) is 20.9. The second-order valence-electron chi connectivity index (χ2n) is 6.93. The Labute approximate surface area is 167 Å². The van der Waals surface area contributed by atoms with Crippen molar-refractivity contribution in [3.63, 3.8) is 0 Å². The topological polar surface area (TPSA) is 86.7 Å². The van der Waals surface area contributed by atoms with Crippen molar-refractivity contribution in [2.45, 2.75) is 62.5 Å². The van der Waals surface area contributed by atoms with Gasteiger partial charge in [0, 0.05) is 0 Å². The lowest BCUT2D eigenvalue weighted by atomic mass is 10.1. The summed E-state index contributed by atoms with van der Waals surface area (Å²) < 4.78 is 59.6. The predicted molar refractivity (Wildman–Crippen MR) is 107 cm³/mol. The number of rotatable bonds is 9. The molecule has 28 heavy (non-hydrogen) atoms. The van der Waals surface area contributed by atoms with Crippen molar-refractivity contribution in [3.8, 4) is 0 Å². The average Bonchev–Trinajstić information content (AvgIpc) is 2.60. The van der Waals surface area contributed by atoms with E-state index in [1.807, 2.05) is 13.8 Å². The minimum absolute atomic E-state index is 0.0937. The molecule has 2 rings (SSSR count). The van der Waals surface area contributed by atoms with Crippen LogP contribution in [0.25, 0.3) is 0 Å². The first-order valence-corrected chi connectivity index (χ1v) is 11.8. The van der Waals surface area contributed by atoms with Crippen LogP contribution in [0.5, 0.6) is 0 Å². The summed E-state index contributed by atoms with van der Waals surface area (Å²) in [6.45, 7) is 7.00.